The summed E-state index contributed by atoms with van der Waals surface area (Å²) in [7, 11) is 0. The van der Waals surface area contributed by atoms with Crippen molar-refractivity contribution in [3.05, 3.63) is 59.6 Å². The predicted molar refractivity (Wildman–Crippen MR) is 89.8 cm³/mol. The minimum atomic E-state index is -0.726. The van der Waals surface area contributed by atoms with Crippen LogP contribution in [-0.4, -0.2) is 17.3 Å². The van der Waals surface area contributed by atoms with Gasteiger partial charge in [-0.15, -0.1) is 13.2 Å². The lowest BCUT2D eigenvalue weighted by Crippen LogP contribution is -2.33. The largest absolute Gasteiger partial charge is 0.389 e. The highest BCUT2D eigenvalue weighted by Gasteiger charge is 2.23. The number of aliphatic hydroxyl groups is 1. The van der Waals surface area contributed by atoms with E-state index in [2.05, 4.69) is 53.5 Å². The van der Waals surface area contributed by atoms with Gasteiger partial charge in [-0.05, 0) is 50.4 Å². The van der Waals surface area contributed by atoms with E-state index in [1.54, 1.807) is 12.2 Å². The molecule has 0 bridgehead atoms. The minimum Gasteiger partial charge on any atom is -0.389 e. The van der Waals surface area contributed by atoms with Crippen molar-refractivity contribution >= 4 is 15.9 Å². The Kier molecular flexibility index (Phi) is 7.20. The summed E-state index contributed by atoms with van der Waals surface area (Å²) < 4.78 is 1.08. The maximum atomic E-state index is 10.4. The summed E-state index contributed by atoms with van der Waals surface area (Å²) >= 11 is 3.44. The summed E-state index contributed by atoms with van der Waals surface area (Å²) in [5, 5.41) is 13.9. The highest BCUT2D eigenvalue weighted by Crippen LogP contribution is 2.21. The minimum absolute atomic E-state index is 0.264. The van der Waals surface area contributed by atoms with E-state index in [9.17, 15) is 5.11 Å². The van der Waals surface area contributed by atoms with Gasteiger partial charge in [0.15, 0.2) is 0 Å². The average molecular weight is 338 g/mol. The molecule has 1 aromatic rings. The zero-order valence-corrected chi connectivity index (χ0v) is 13.7. The second-order valence-corrected chi connectivity index (χ2v) is 6.10. The van der Waals surface area contributed by atoms with E-state index in [-0.39, 0.29) is 6.04 Å². The van der Waals surface area contributed by atoms with Crippen LogP contribution in [0.15, 0.2) is 54.0 Å². The molecule has 1 aromatic carbocycles. The molecule has 2 N–H and O–H groups in total. The summed E-state index contributed by atoms with van der Waals surface area (Å²) in [5.74, 6) is 0. The van der Waals surface area contributed by atoms with E-state index in [0.717, 1.165) is 11.0 Å². The molecule has 2 nitrogen and oxygen atoms in total. The van der Waals surface area contributed by atoms with Gasteiger partial charge in [-0.2, -0.15) is 0 Å². The molecule has 1 atom stereocenters. The molecular formula is C17H24BrNO. The third-order valence-corrected chi connectivity index (χ3v) is 3.99. The molecule has 20 heavy (non-hydrogen) atoms. The SMILES string of the molecule is C=CCC(O)(CC=C)CCN[C@@H](C)c1ccc(Br)cc1. The van der Waals surface area contributed by atoms with E-state index in [1.807, 2.05) is 12.1 Å². The summed E-state index contributed by atoms with van der Waals surface area (Å²) in [5.41, 5.74) is 0.514. The molecule has 110 valence electrons. The summed E-state index contributed by atoms with van der Waals surface area (Å²) in [6.07, 6.45) is 5.40. The van der Waals surface area contributed by atoms with Crippen LogP contribution >= 0.6 is 15.9 Å². The van der Waals surface area contributed by atoms with E-state index < -0.39 is 5.60 Å². The van der Waals surface area contributed by atoms with Gasteiger partial charge in [0.1, 0.15) is 0 Å². The van der Waals surface area contributed by atoms with E-state index in [1.165, 1.54) is 5.56 Å². The lowest BCUT2D eigenvalue weighted by atomic mass is 9.91. The first-order chi connectivity index (χ1) is 9.50. The van der Waals surface area contributed by atoms with Crippen LogP contribution in [0.1, 0.15) is 37.8 Å². The monoisotopic (exact) mass is 337 g/mol. The average Bonchev–Trinajstić information content (AvgIpc) is 2.39. The van der Waals surface area contributed by atoms with Crippen molar-refractivity contribution in [2.45, 2.75) is 37.8 Å². The summed E-state index contributed by atoms with van der Waals surface area (Å²) in [4.78, 5) is 0. The Bertz CT molecular complexity index is 417. The maximum absolute atomic E-state index is 10.4. The van der Waals surface area contributed by atoms with Gasteiger partial charge < -0.3 is 10.4 Å². The van der Waals surface area contributed by atoms with Crippen molar-refractivity contribution in [3.8, 4) is 0 Å². The quantitative estimate of drug-likeness (QED) is 0.655. The number of hydrogen-bond donors (Lipinski definition) is 2. The number of halogens is 1. The molecule has 0 unspecified atom stereocenters. The number of hydrogen-bond acceptors (Lipinski definition) is 2. The van der Waals surface area contributed by atoms with Crippen molar-refractivity contribution in [1.29, 1.82) is 0 Å². The van der Waals surface area contributed by atoms with Crippen LogP contribution in [0.3, 0.4) is 0 Å². The van der Waals surface area contributed by atoms with Gasteiger partial charge in [0, 0.05) is 10.5 Å². The third-order valence-electron chi connectivity index (χ3n) is 3.46. The number of rotatable bonds is 9. The molecule has 1 rings (SSSR count). The van der Waals surface area contributed by atoms with Gasteiger partial charge in [-0.1, -0.05) is 40.2 Å². The first-order valence-corrected chi connectivity index (χ1v) is 7.73. The van der Waals surface area contributed by atoms with Crippen molar-refractivity contribution in [2.75, 3.05) is 6.54 Å². The van der Waals surface area contributed by atoms with Crippen LogP contribution in [0.5, 0.6) is 0 Å². The van der Waals surface area contributed by atoms with Crippen LogP contribution < -0.4 is 5.32 Å². The molecule has 0 fully saturated rings. The van der Waals surface area contributed by atoms with E-state index in [4.69, 9.17) is 0 Å². The molecule has 0 spiro atoms. The van der Waals surface area contributed by atoms with Crippen LogP contribution in [0.2, 0.25) is 0 Å². The highest BCUT2D eigenvalue weighted by atomic mass is 79.9. The van der Waals surface area contributed by atoms with Gasteiger partial charge >= 0.3 is 0 Å². The molecule has 0 heterocycles. The van der Waals surface area contributed by atoms with Crippen molar-refractivity contribution in [3.63, 3.8) is 0 Å². The molecular weight excluding hydrogens is 314 g/mol. The van der Waals surface area contributed by atoms with Crippen molar-refractivity contribution in [2.24, 2.45) is 0 Å². The summed E-state index contributed by atoms with van der Waals surface area (Å²) in [6, 6.07) is 8.54. The standard InChI is InChI=1S/C17H24BrNO/c1-4-10-17(20,11-5-2)12-13-19-14(3)15-6-8-16(18)9-7-15/h4-9,14,19-20H,1-2,10-13H2,3H3/t14-/m0/s1. The van der Waals surface area contributed by atoms with E-state index >= 15 is 0 Å². The Balaban J connectivity index is 2.47. The van der Waals surface area contributed by atoms with Gasteiger partial charge in [-0.25, -0.2) is 0 Å². The van der Waals surface area contributed by atoms with E-state index in [0.29, 0.717) is 19.3 Å². The molecule has 3 heteroatoms. The second-order valence-electron chi connectivity index (χ2n) is 5.19. The van der Waals surface area contributed by atoms with Crippen LogP contribution in [0, 0.1) is 0 Å². The Morgan fingerprint density at radius 1 is 1.25 bits per heavy atom. The molecule has 0 saturated heterocycles. The third kappa shape index (κ3) is 5.61. The van der Waals surface area contributed by atoms with Gasteiger partial charge in [0.25, 0.3) is 0 Å². The fourth-order valence-electron chi connectivity index (χ4n) is 2.22. The summed E-state index contributed by atoms with van der Waals surface area (Å²) in [6.45, 7) is 10.3. The Labute approximate surface area is 130 Å². The molecule has 0 aliphatic carbocycles. The second kappa shape index (κ2) is 8.40. The van der Waals surface area contributed by atoms with Crippen LogP contribution in [0.4, 0.5) is 0 Å². The number of nitrogens with one attached hydrogen (secondary N) is 1. The predicted octanol–water partition coefficient (Wildman–Crippen LogP) is 4.37. The van der Waals surface area contributed by atoms with Crippen LogP contribution in [-0.2, 0) is 0 Å². The van der Waals surface area contributed by atoms with Gasteiger partial charge in [0.05, 0.1) is 5.60 Å². The maximum Gasteiger partial charge on any atom is 0.0728 e. The van der Waals surface area contributed by atoms with Crippen molar-refractivity contribution in [1.82, 2.24) is 5.32 Å². The fourth-order valence-corrected chi connectivity index (χ4v) is 2.48. The van der Waals surface area contributed by atoms with Crippen LogP contribution in [0.25, 0.3) is 0 Å². The number of benzene rings is 1. The normalized spacial score (nSPS) is 12.9. The Morgan fingerprint density at radius 3 is 2.30 bits per heavy atom. The molecule has 0 amide bonds. The van der Waals surface area contributed by atoms with Crippen molar-refractivity contribution < 1.29 is 5.11 Å². The zero-order valence-electron chi connectivity index (χ0n) is 12.1. The lowest BCUT2D eigenvalue weighted by molar-refractivity contribution is 0.0372. The fraction of sp³-hybridized carbons (Fsp3) is 0.412. The smallest absolute Gasteiger partial charge is 0.0728 e. The molecule has 0 saturated carbocycles. The molecule has 0 radical (unpaired) electrons. The highest BCUT2D eigenvalue weighted by molar-refractivity contribution is 9.10. The molecule has 0 aliphatic rings. The first-order valence-electron chi connectivity index (χ1n) is 6.94. The van der Waals surface area contributed by atoms with Gasteiger partial charge in [0.2, 0.25) is 0 Å². The molecule has 0 aliphatic heterocycles. The Hall–Kier alpha value is -0.900. The van der Waals surface area contributed by atoms with Gasteiger partial charge in [-0.3, -0.25) is 0 Å². The zero-order chi connectivity index (χ0) is 15.0. The first kappa shape index (κ1) is 17.2. The lowest BCUT2D eigenvalue weighted by Gasteiger charge is -2.26. The molecule has 0 aromatic heterocycles. The topological polar surface area (TPSA) is 32.3 Å². The Morgan fingerprint density at radius 2 is 1.80 bits per heavy atom.